The molecule has 0 unspecified atom stereocenters. The van der Waals surface area contributed by atoms with E-state index in [0.29, 0.717) is 11.6 Å². The average Bonchev–Trinajstić information content (AvgIpc) is 2.31. The molecule has 4 heteroatoms. The van der Waals surface area contributed by atoms with Crippen LogP contribution >= 0.6 is 15.9 Å². The maximum atomic E-state index is 9.10. The van der Waals surface area contributed by atoms with E-state index in [0.717, 1.165) is 36.1 Å². The molecule has 0 atom stereocenters. The molecule has 0 aromatic heterocycles. The van der Waals surface area contributed by atoms with Crippen LogP contribution in [-0.2, 0) is 0 Å². The average molecular weight is 280 g/mol. The molecule has 0 spiro atoms. The van der Waals surface area contributed by atoms with E-state index in [2.05, 4.69) is 32.6 Å². The zero-order valence-corrected chi connectivity index (χ0v) is 10.5. The van der Waals surface area contributed by atoms with Gasteiger partial charge in [-0.25, -0.2) is 0 Å². The molecule has 3 nitrogen and oxygen atoms in total. The highest BCUT2D eigenvalue weighted by Crippen LogP contribution is 2.25. The third kappa shape index (κ3) is 2.55. The van der Waals surface area contributed by atoms with Crippen LogP contribution in [0.5, 0.6) is 0 Å². The number of rotatable bonds is 2. The number of halogens is 1. The fourth-order valence-corrected chi connectivity index (χ4v) is 2.40. The van der Waals surface area contributed by atoms with Crippen LogP contribution in [0.25, 0.3) is 0 Å². The number of piperidine rings is 1. The second kappa shape index (κ2) is 5.33. The van der Waals surface area contributed by atoms with Gasteiger partial charge in [-0.3, -0.25) is 0 Å². The Morgan fingerprint density at radius 1 is 1.38 bits per heavy atom. The first-order chi connectivity index (χ1) is 7.81. The third-order valence-electron chi connectivity index (χ3n) is 2.82. The molecule has 1 aromatic carbocycles. The molecule has 1 aromatic rings. The number of nitrogens with one attached hydrogen (secondary N) is 2. The minimum Gasteiger partial charge on any atom is -0.381 e. The highest BCUT2D eigenvalue weighted by atomic mass is 79.9. The number of anilines is 1. The Morgan fingerprint density at radius 2 is 2.12 bits per heavy atom. The van der Waals surface area contributed by atoms with E-state index in [1.807, 2.05) is 18.2 Å². The van der Waals surface area contributed by atoms with Crippen molar-refractivity contribution in [1.29, 1.82) is 5.26 Å². The SMILES string of the molecule is N#Cc1c(Br)cccc1NC1CCNCC1. The molecule has 16 heavy (non-hydrogen) atoms. The largest absolute Gasteiger partial charge is 0.381 e. The van der Waals surface area contributed by atoms with Crippen LogP contribution in [-0.4, -0.2) is 19.1 Å². The Morgan fingerprint density at radius 3 is 2.81 bits per heavy atom. The van der Waals surface area contributed by atoms with Crippen molar-refractivity contribution in [2.75, 3.05) is 18.4 Å². The van der Waals surface area contributed by atoms with Crippen molar-refractivity contribution in [1.82, 2.24) is 5.32 Å². The van der Waals surface area contributed by atoms with Crippen molar-refractivity contribution in [2.45, 2.75) is 18.9 Å². The van der Waals surface area contributed by atoms with Crippen LogP contribution < -0.4 is 10.6 Å². The van der Waals surface area contributed by atoms with Crippen LogP contribution in [0.4, 0.5) is 5.69 Å². The summed E-state index contributed by atoms with van der Waals surface area (Å²) in [7, 11) is 0. The fraction of sp³-hybridized carbons (Fsp3) is 0.417. The molecule has 1 aliphatic heterocycles. The number of hydrogen-bond donors (Lipinski definition) is 2. The monoisotopic (exact) mass is 279 g/mol. The number of hydrogen-bond acceptors (Lipinski definition) is 3. The summed E-state index contributed by atoms with van der Waals surface area (Å²) >= 11 is 3.40. The lowest BCUT2D eigenvalue weighted by molar-refractivity contribution is 0.479. The molecule has 0 bridgehead atoms. The molecule has 1 aliphatic rings. The smallest absolute Gasteiger partial charge is 0.103 e. The second-order valence-electron chi connectivity index (χ2n) is 3.94. The van der Waals surface area contributed by atoms with E-state index >= 15 is 0 Å². The minimum absolute atomic E-state index is 0.475. The van der Waals surface area contributed by atoms with Crippen LogP contribution in [0, 0.1) is 11.3 Å². The molecule has 0 saturated carbocycles. The van der Waals surface area contributed by atoms with Crippen molar-refractivity contribution in [2.24, 2.45) is 0 Å². The normalized spacial score (nSPS) is 16.8. The Hall–Kier alpha value is -1.05. The Balaban J connectivity index is 2.14. The standard InChI is InChI=1S/C12H14BrN3/c13-11-2-1-3-12(10(11)8-14)16-9-4-6-15-7-5-9/h1-3,9,15-16H,4-7H2. The van der Waals surface area contributed by atoms with Crippen LogP contribution in [0.1, 0.15) is 18.4 Å². The van der Waals surface area contributed by atoms with Crippen molar-refractivity contribution < 1.29 is 0 Å². The van der Waals surface area contributed by atoms with Crippen molar-refractivity contribution in [3.63, 3.8) is 0 Å². The summed E-state index contributed by atoms with van der Waals surface area (Å²) in [5, 5.41) is 15.9. The first-order valence-electron chi connectivity index (χ1n) is 5.47. The Labute approximate surface area is 104 Å². The van der Waals surface area contributed by atoms with Gasteiger partial charge in [-0.05, 0) is 54.0 Å². The summed E-state index contributed by atoms with van der Waals surface area (Å²) in [5.41, 5.74) is 1.63. The van der Waals surface area contributed by atoms with Gasteiger partial charge in [-0.1, -0.05) is 6.07 Å². The first-order valence-corrected chi connectivity index (χ1v) is 6.26. The highest BCUT2D eigenvalue weighted by molar-refractivity contribution is 9.10. The van der Waals surface area contributed by atoms with Gasteiger partial charge in [0.05, 0.1) is 11.3 Å². The van der Waals surface area contributed by atoms with Gasteiger partial charge in [0.25, 0.3) is 0 Å². The summed E-state index contributed by atoms with van der Waals surface area (Å²) in [4.78, 5) is 0. The molecular weight excluding hydrogens is 266 g/mol. The molecule has 0 radical (unpaired) electrons. The van der Waals surface area contributed by atoms with Crippen LogP contribution in [0.3, 0.4) is 0 Å². The van der Waals surface area contributed by atoms with Gasteiger partial charge in [0.15, 0.2) is 0 Å². The van der Waals surface area contributed by atoms with Crippen molar-refractivity contribution >= 4 is 21.6 Å². The van der Waals surface area contributed by atoms with Crippen LogP contribution in [0.2, 0.25) is 0 Å². The minimum atomic E-state index is 0.475. The predicted molar refractivity (Wildman–Crippen MR) is 68.4 cm³/mol. The molecule has 0 amide bonds. The predicted octanol–water partition coefficient (Wildman–Crippen LogP) is 2.48. The highest BCUT2D eigenvalue weighted by Gasteiger charge is 2.14. The fourth-order valence-electron chi connectivity index (χ4n) is 1.94. The lowest BCUT2D eigenvalue weighted by Gasteiger charge is -2.25. The van der Waals surface area contributed by atoms with Crippen molar-refractivity contribution in [3.05, 3.63) is 28.2 Å². The van der Waals surface area contributed by atoms with E-state index in [1.54, 1.807) is 0 Å². The summed E-state index contributed by atoms with van der Waals surface area (Å²) in [5.74, 6) is 0. The molecule has 0 aliphatic carbocycles. The summed E-state index contributed by atoms with van der Waals surface area (Å²) < 4.78 is 0.855. The maximum Gasteiger partial charge on any atom is 0.103 e. The van der Waals surface area contributed by atoms with E-state index in [4.69, 9.17) is 5.26 Å². The molecule has 1 fully saturated rings. The van der Waals surface area contributed by atoms with Gasteiger partial charge in [0, 0.05) is 10.5 Å². The van der Waals surface area contributed by atoms with Gasteiger partial charge in [0.1, 0.15) is 6.07 Å². The van der Waals surface area contributed by atoms with Gasteiger partial charge >= 0.3 is 0 Å². The molecule has 84 valence electrons. The Bertz CT molecular complexity index is 405. The lowest BCUT2D eigenvalue weighted by Crippen LogP contribution is -2.35. The van der Waals surface area contributed by atoms with Gasteiger partial charge in [-0.15, -0.1) is 0 Å². The second-order valence-corrected chi connectivity index (χ2v) is 4.80. The summed E-state index contributed by atoms with van der Waals surface area (Å²) in [6.45, 7) is 2.10. The first kappa shape index (κ1) is 11.4. The van der Waals surface area contributed by atoms with E-state index in [-0.39, 0.29) is 0 Å². The number of nitrogens with zero attached hydrogens (tertiary/aromatic N) is 1. The van der Waals surface area contributed by atoms with Gasteiger partial charge in [0.2, 0.25) is 0 Å². The van der Waals surface area contributed by atoms with E-state index in [1.165, 1.54) is 0 Å². The van der Waals surface area contributed by atoms with E-state index < -0.39 is 0 Å². The van der Waals surface area contributed by atoms with Crippen LogP contribution in [0.15, 0.2) is 22.7 Å². The molecule has 2 N–H and O–H groups in total. The number of nitriles is 1. The Kier molecular flexibility index (Phi) is 3.81. The third-order valence-corrected chi connectivity index (χ3v) is 3.49. The van der Waals surface area contributed by atoms with Crippen molar-refractivity contribution in [3.8, 4) is 6.07 Å². The van der Waals surface area contributed by atoms with E-state index in [9.17, 15) is 0 Å². The zero-order valence-electron chi connectivity index (χ0n) is 8.96. The topological polar surface area (TPSA) is 47.9 Å². The van der Waals surface area contributed by atoms with Gasteiger partial charge < -0.3 is 10.6 Å². The molecule has 1 heterocycles. The quantitative estimate of drug-likeness (QED) is 0.875. The maximum absolute atomic E-state index is 9.10. The van der Waals surface area contributed by atoms with Gasteiger partial charge in [-0.2, -0.15) is 5.26 Å². The lowest BCUT2D eigenvalue weighted by atomic mass is 10.1. The molecular formula is C12H14BrN3. The summed E-state index contributed by atoms with van der Waals surface area (Å²) in [6, 6.07) is 8.51. The summed E-state index contributed by atoms with van der Waals surface area (Å²) in [6.07, 6.45) is 2.22. The zero-order chi connectivity index (χ0) is 11.4. The molecule has 2 rings (SSSR count). The molecule has 1 saturated heterocycles. The number of benzene rings is 1.